The molecule has 0 spiro atoms. The van der Waals surface area contributed by atoms with Crippen molar-refractivity contribution in [3.05, 3.63) is 35.4 Å². The third-order valence-corrected chi connectivity index (χ3v) is 5.12. The summed E-state index contributed by atoms with van der Waals surface area (Å²) in [5, 5.41) is 0. The molecule has 0 radical (unpaired) electrons. The maximum Gasteiger partial charge on any atom is 0.00956 e. The maximum atomic E-state index is 2.77. The van der Waals surface area contributed by atoms with Gasteiger partial charge in [-0.1, -0.05) is 36.2 Å². The van der Waals surface area contributed by atoms with Gasteiger partial charge in [0, 0.05) is 6.04 Å². The van der Waals surface area contributed by atoms with Gasteiger partial charge in [-0.05, 0) is 70.0 Å². The minimum Gasteiger partial charge on any atom is -0.300 e. The Morgan fingerprint density at radius 3 is 2.30 bits per heavy atom. The van der Waals surface area contributed by atoms with Gasteiger partial charge in [0.15, 0.2) is 0 Å². The van der Waals surface area contributed by atoms with Crippen molar-refractivity contribution in [1.29, 1.82) is 0 Å². The molecular formula is C18H28ClN. The van der Waals surface area contributed by atoms with Crippen LogP contribution in [0, 0.1) is 6.92 Å². The van der Waals surface area contributed by atoms with Crippen LogP contribution in [0.15, 0.2) is 24.3 Å². The van der Waals surface area contributed by atoms with E-state index in [2.05, 4.69) is 36.1 Å². The highest BCUT2D eigenvalue weighted by Crippen LogP contribution is 2.35. The van der Waals surface area contributed by atoms with Crippen LogP contribution in [0.2, 0.25) is 0 Å². The number of aryl methyl sites for hydroxylation is 1. The van der Waals surface area contributed by atoms with Crippen LogP contribution in [0.1, 0.15) is 62.0 Å². The number of hydrogen-bond acceptors (Lipinski definition) is 1. The number of nitrogens with zero attached hydrogens (tertiary/aromatic N) is 1. The van der Waals surface area contributed by atoms with E-state index in [1.807, 2.05) is 0 Å². The monoisotopic (exact) mass is 293 g/mol. The van der Waals surface area contributed by atoms with E-state index in [-0.39, 0.29) is 12.4 Å². The molecular weight excluding hydrogens is 266 g/mol. The Labute approximate surface area is 130 Å². The van der Waals surface area contributed by atoms with Gasteiger partial charge in [0.1, 0.15) is 0 Å². The van der Waals surface area contributed by atoms with Crippen LogP contribution in [0.3, 0.4) is 0 Å². The predicted octanol–water partition coefficient (Wildman–Crippen LogP) is 4.93. The molecule has 0 N–H and O–H groups in total. The lowest BCUT2D eigenvalue weighted by Crippen LogP contribution is -2.41. The Kier molecular flexibility index (Phi) is 5.92. The summed E-state index contributed by atoms with van der Waals surface area (Å²) in [6.45, 7) is 4.93. The van der Waals surface area contributed by atoms with Gasteiger partial charge in [0.2, 0.25) is 0 Å². The van der Waals surface area contributed by atoms with Crippen LogP contribution in [0.5, 0.6) is 0 Å². The number of halogens is 1. The van der Waals surface area contributed by atoms with E-state index in [0.717, 1.165) is 12.0 Å². The topological polar surface area (TPSA) is 3.24 Å². The molecule has 0 bridgehead atoms. The fourth-order valence-corrected chi connectivity index (χ4v) is 3.98. The van der Waals surface area contributed by atoms with E-state index in [1.165, 1.54) is 63.6 Å². The summed E-state index contributed by atoms with van der Waals surface area (Å²) in [5.74, 6) is 0.820. The summed E-state index contributed by atoms with van der Waals surface area (Å²) >= 11 is 0. The van der Waals surface area contributed by atoms with Crippen LogP contribution < -0.4 is 0 Å². The summed E-state index contributed by atoms with van der Waals surface area (Å²) < 4.78 is 0. The Morgan fingerprint density at radius 1 is 0.950 bits per heavy atom. The molecule has 3 rings (SSSR count). The molecule has 20 heavy (non-hydrogen) atoms. The van der Waals surface area contributed by atoms with Crippen molar-refractivity contribution in [2.24, 2.45) is 0 Å². The molecule has 0 amide bonds. The average Bonchev–Trinajstić information content (AvgIpc) is 2.48. The van der Waals surface area contributed by atoms with Gasteiger partial charge in [0.25, 0.3) is 0 Å². The molecule has 2 aliphatic rings. The highest BCUT2D eigenvalue weighted by atomic mass is 35.5. The van der Waals surface area contributed by atoms with E-state index < -0.39 is 0 Å². The highest BCUT2D eigenvalue weighted by molar-refractivity contribution is 5.85. The average molecular weight is 294 g/mol. The molecule has 1 aliphatic carbocycles. The van der Waals surface area contributed by atoms with Crippen LogP contribution in [0.4, 0.5) is 0 Å². The Morgan fingerprint density at radius 2 is 1.65 bits per heavy atom. The van der Waals surface area contributed by atoms with E-state index in [0.29, 0.717) is 0 Å². The van der Waals surface area contributed by atoms with E-state index in [1.54, 1.807) is 5.56 Å². The molecule has 0 atom stereocenters. The first kappa shape index (κ1) is 15.9. The zero-order valence-corrected chi connectivity index (χ0v) is 13.5. The van der Waals surface area contributed by atoms with Gasteiger partial charge in [-0.25, -0.2) is 0 Å². The van der Waals surface area contributed by atoms with Crippen molar-refractivity contribution >= 4 is 12.4 Å². The standard InChI is InChI=1S/C18H27N.ClH/c1-15-6-5-7-17(14-15)16-8-10-18(11-9-16)19-12-3-2-4-13-19;/h5-7,14,16,18H,2-4,8-13H2,1H3;1H. The fourth-order valence-electron chi connectivity index (χ4n) is 3.98. The summed E-state index contributed by atoms with van der Waals surface area (Å²) in [5.41, 5.74) is 2.99. The number of benzene rings is 1. The van der Waals surface area contributed by atoms with Gasteiger partial charge in [0.05, 0.1) is 0 Å². The fraction of sp³-hybridized carbons (Fsp3) is 0.667. The zero-order valence-electron chi connectivity index (χ0n) is 12.7. The van der Waals surface area contributed by atoms with Crippen molar-refractivity contribution < 1.29 is 0 Å². The maximum absolute atomic E-state index is 2.77. The molecule has 0 aromatic heterocycles. The van der Waals surface area contributed by atoms with Crippen molar-refractivity contribution in [2.75, 3.05) is 13.1 Å². The zero-order chi connectivity index (χ0) is 13.1. The van der Waals surface area contributed by atoms with Gasteiger partial charge in [-0.2, -0.15) is 0 Å². The van der Waals surface area contributed by atoms with E-state index >= 15 is 0 Å². The molecule has 1 heterocycles. The second-order valence-electron chi connectivity index (χ2n) is 6.52. The number of piperidine rings is 1. The van der Waals surface area contributed by atoms with Crippen LogP contribution in [0.25, 0.3) is 0 Å². The first-order chi connectivity index (χ1) is 9.33. The Bertz CT molecular complexity index is 404. The molecule has 1 saturated heterocycles. The highest BCUT2D eigenvalue weighted by Gasteiger charge is 2.27. The van der Waals surface area contributed by atoms with Crippen molar-refractivity contribution in [2.45, 2.75) is 63.8 Å². The van der Waals surface area contributed by atoms with Crippen molar-refractivity contribution in [1.82, 2.24) is 4.90 Å². The molecule has 1 aromatic carbocycles. The van der Waals surface area contributed by atoms with Gasteiger partial charge in [-0.3, -0.25) is 0 Å². The first-order valence-corrected chi connectivity index (χ1v) is 8.13. The summed E-state index contributed by atoms with van der Waals surface area (Å²) in [4.78, 5) is 2.77. The van der Waals surface area contributed by atoms with Gasteiger partial charge >= 0.3 is 0 Å². The minimum absolute atomic E-state index is 0. The van der Waals surface area contributed by atoms with E-state index in [9.17, 15) is 0 Å². The predicted molar refractivity (Wildman–Crippen MR) is 88.8 cm³/mol. The van der Waals surface area contributed by atoms with Crippen LogP contribution in [-0.4, -0.2) is 24.0 Å². The van der Waals surface area contributed by atoms with Gasteiger partial charge < -0.3 is 4.90 Å². The molecule has 112 valence electrons. The lowest BCUT2D eigenvalue weighted by atomic mass is 9.80. The number of likely N-dealkylation sites (tertiary alicyclic amines) is 1. The number of hydrogen-bond donors (Lipinski definition) is 0. The summed E-state index contributed by atoms with van der Waals surface area (Å²) in [7, 11) is 0. The van der Waals surface area contributed by atoms with Crippen LogP contribution in [-0.2, 0) is 0 Å². The molecule has 2 heteroatoms. The SMILES string of the molecule is Cc1cccc(C2CCC(N3CCCCC3)CC2)c1.Cl. The van der Waals surface area contributed by atoms with Gasteiger partial charge in [-0.15, -0.1) is 12.4 Å². The largest absolute Gasteiger partial charge is 0.300 e. The molecule has 1 aromatic rings. The second-order valence-corrected chi connectivity index (χ2v) is 6.52. The van der Waals surface area contributed by atoms with Crippen LogP contribution >= 0.6 is 12.4 Å². The smallest absolute Gasteiger partial charge is 0.00956 e. The Hall–Kier alpha value is -0.530. The summed E-state index contributed by atoms with van der Waals surface area (Å²) in [6.07, 6.45) is 9.93. The minimum atomic E-state index is 0. The Balaban J connectivity index is 0.00000147. The molecule has 1 aliphatic heterocycles. The molecule has 1 nitrogen and oxygen atoms in total. The lowest BCUT2D eigenvalue weighted by Gasteiger charge is -2.39. The third kappa shape index (κ3) is 3.77. The molecule has 1 saturated carbocycles. The first-order valence-electron chi connectivity index (χ1n) is 8.13. The molecule has 0 unspecified atom stereocenters. The third-order valence-electron chi connectivity index (χ3n) is 5.12. The van der Waals surface area contributed by atoms with Crippen molar-refractivity contribution in [3.8, 4) is 0 Å². The lowest BCUT2D eigenvalue weighted by molar-refractivity contribution is 0.125. The second kappa shape index (κ2) is 7.47. The van der Waals surface area contributed by atoms with Crippen molar-refractivity contribution in [3.63, 3.8) is 0 Å². The van der Waals surface area contributed by atoms with E-state index in [4.69, 9.17) is 0 Å². The molecule has 2 fully saturated rings. The quantitative estimate of drug-likeness (QED) is 0.747. The number of rotatable bonds is 2. The normalized spacial score (nSPS) is 27.9. The summed E-state index contributed by atoms with van der Waals surface area (Å²) in [6, 6.07) is 10.1.